The maximum Gasteiger partial charge on any atom is 0.211 e. The van der Waals surface area contributed by atoms with Crippen molar-refractivity contribution in [2.75, 3.05) is 25.4 Å². The second-order valence-corrected chi connectivity index (χ2v) is 5.90. The van der Waals surface area contributed by atoms with Crippen molar-refractivity contribution in [3.63, 3.8) is 0 Å². The van der Waals surface area contributed by atoms with E-state index in [4.69, 9.17) is 10.5 Å². The summed E-state index contributed by atoms with van der Waals surface area (Å²) < 4.78 is 30.7. The summed E-state index contributed by atoms with van der Waals surface area (Å²) in [7, 11) is -3.21. The molecule has 0 rings (SSSR count). The standard InChI is InChI=1S/C9H22N2O3S/c1-4-14-9(2,3)8-11-15(12,13)7-5-6-10/h11H,4-8,10H2,1-3H3. The second-order valence-electron chi connectivity index (χ2n) is 3.97. The number of nitrogens with one attached hydrogen (secondary N) is 1. The summed E-state index contributed by atoms with van der Waals surface area (Å²) in [5.41, 5.74) is 4.78. The first-order valence-electron chi connectivity index (χ1n) is 5.14. The van der Waals surface area contributed by atoms with Crippen LogP contribution in [0, 0.1) is 0 Å². The summed E-state index contributed by atoms with van der Waals surface area (Å²) in [6.07, 6.45) is 0.477. The van der Waals surface area contributed by atoms with E-state index in [-0.39, 0.29) is 12.3 Å². The quantitative estimate of drug-likeness (QED) is 0.627. The molecule has 0 saturated heterocycles. The van der Waals surface area contributed by atoms with Crippen LogP contribution in [0.25, 0.3) is 0 Å². The van der Waals surface area contributed by atoms with E-state index in [2.05, 4.69) is 4.72 Å². The minimum Gasteiger partial charge on any atom is -0.375 e. The largest absolute Gasteiger partial charge is 0.375 e. The van der Waals surface area contributed by atoms with Gasteiger partial charge in [-0.3, -0.25) is 0 Å². The topological polar surface area (TPSA) is 81.4 Å². The molecule has 0 atom stereocenters. The van der Waals surface area contributed by atoms with Crippen LogP contribution in [0.1, 0.15) is 27.2 Å². The Balaban J connectivity index is 4.02. The molecular formula is C9H22N2O3S. The van der Waals surface area contributed by atoms with Gasteiger partial charge in [-0.25, -0.2) is 13.1 Å². The third-order valence-corrected chi connectivity index (χ3v) is 3.28. The van der Waals surface area contributed by atoms with Crippen molar-refractivity contribution in [2.45, 2.75) is 32.8 Å². The lowest BCUT2D eigenvalue weighted by Gasteiger charge is -2.24. The molecule has 0 aromatic heterocycles. The average Bonchev–Trinajstić information content (AvgIpc) is 2.12. The van der Waals surface area contributed by atoms with Crippen LogP contribution in [-0.4, -0.2) is 39.5 Å². The number of rotatable bonds is 8. The highest BCUT2D eigenvalue weighted by Gasteiger charge is 2.20. The Kier molecular flexibility index (Phi) is 6.35. The predicted molar refractivity (Wildman–Crippen MR) is 61.2 cm³/mol. The van der Waals surface area contributed by atoms with Crippen molar-refractivity contribution in [1.82, 2.24) is 4.72 Å². The van der Waals surface area contributed by atoms with Gasteiger partial charge in [-0.2, -0.15) is 0 Å². The maximum atomic E-state index is 11.4. The molecular weight excluding hydrogens is 216 g/mol. The fourth-order valence-electron chi connectivity index (χ4n) is 1.07. The van der Waals surface area contributed by atoms with Gasteiger partial charge in [0.05, 0.1) is 11.4 Å². The molecule has 0 aliphatic rings. The average molecular weight is 238 g/mol. The van der Waals surface area contributed by atoms with Gasteiger partial charge in [0.1, 0.15) is 0 Å². The van der Waals surface area contributed by atoms with E-state index >= 15 is 0 Å². The summed E-state index contributed by atoms with van der Waals surface area (Å²) in [6, 6.07) is 0. The zero-order chi connectivity index (χ0) is 11.9. The summed E-state index contributed by atoms with van der Waals surface area (Å²) in [5, 5.41) is 0. The Morgan fingerprint density at radius 3 is 2.47 bits per heavy atom. The van der Waals surface area contributed by atoms with Crippen LogP contribution in [0.3, 0.4) is 0 Å². The van der Waals surface area contributed by atoms with Crippen molar-refractivity contribution in [3.05, 3.63) is 0 Å². The molecule has 92 valence electrons. The molecule has 0 fully saturated rings. The molecule has 0 aliphatic carbocycles. The normalized spacial score (nSPS) is 13.1. The molecule has 15 heavy (non-hydrogen) atoms. The van der Waals surface area contributed by atoms with Crippen molar-refractivity contribution in [1.29, 1.82) is 0 Å². The summed E-state index contributed by atoms with van der Waals surface area (Å²) in [5.74, 6) is 0.0751. The first-order chi connectivity index (χ1) is 6.83. The monoisotopic (exact) mass is 238 g/mol. The third kappa shape index (κ3) is 7.72. The Labute approximate surface area is 92.4 Å². The number of nitrogens with two attached hydrogens (primary N) is 1. The Morgan fingerprint density at radius 1 is 1.40 bits per heavy atom. The van der Waals surface area contributed by atoms with E-state index in [9.17, 15) is 8.42 Å². The molecule has 0 amide bonds. The predicted octanol–water partition coefficient (Wildman–Crippen LogP) is 0.0697. The van der Waals surface area contributed by atoms with Gasteiger partial charge < -0.3 is 10.5 Å². The smallest absolute Gasteiger partial charge is 0.211 e. The van der Waals surface area contributed by atoms with Gasteiger partial charge in [0.25, 0.3) is 0 Å². The van der Waals surface area contributed by atoms with Gasteiger partial charge in [-0.05, 0) is 33.7 Å². The highest BCUT2D eigenvalue weighted by Crippen LogP contribution is 2.07. The summed E-state index contributed by atoms with van der Waals surface area (Å²) >= 11 is 0. The van der Waals surface area contributed by atoms with Crippen molar-refractivity contribution >= 4 is 10.0 Å². The fraction of sp³-hybridized carbons (Fsp3) is 1.00. The zero-order valence-electron chi connectivity index (χ0n) is 9.75. The van der Waals surface area contributed by atoms with Crippen molar-refractivity contribution < 1.29 is 13.2 Å². The van der Waals surface area contributed by atoms with Gasteiger partial charge in [0.2, 0.25) is 10.0 Å². The van der Waals surface area contributed by atoms with Gasteiger partial charge in [-0.1, -0.05) is 0 Å². The molecule has 5 nitrogen and oxygen atoms in total. The lowest BCUT2D eigenvalue weighted by Crippen LogP contribution is -2.41. The van der Waals surface area contributed by atoms with Crippen LogP contribution in [0.2, 0.25) is 0 Å². The summed E-state index contributed by atoms with van der Waals surface area (Å²) in [4.78, 5) is 0. The Bertz CT molecular complexity index is 263. The number of hydrogen-bond donors (Lipinski definition) is 2. The van der Waals surface area contributed by atoms with Gasteiger partial charge in [0.15, 0.2) is 0 Å². The van der Waals surface area contributed by atoms with E-state index in [1.54, 1.807) is 0 Å². The number of sulfonamides is 1. The molecule has 0 spiro atoms. The van der Waals surface area contributed by atoms with E-state index in [1.165, 1.54) is 0 Å². The lowest BCUT2D eigenvalue weighted by molar-refractivity contribution is -0.00514. The second kappa shape index (κ2) is 6.42. The SMILES string of the molecule is CCOC(C)(C)CNS(=O)(=O)CCCN. The maximum absolute atomic E-state index is 11.4. The Hall–Kier alpha value is -0.170. The van der Waals surface area contributed by atoms with Crippen LogP contribution >= 0.6 is 0 Å². The third-order valence-electron chi connectivity index (χ3n) is 1.87. The number of hydrogen-bond acceptors (Lipinski definition) is 4. The molecule has 0 aromatic rings. The van der Waals surface area contributed by atoms with Crippen LogP contribution in [0.5, 0.6) is 0 Å². The highest BCUT2D eigenvalue weighted by atomic mass is 32.2. The van der Waals surface area contributed by atoms with Crippen molar-refractivity contribution in [2.24, 2.45) is 5.73 Å². The highest BCUT2D eigenvalue weighted by molar-refractivity contribution is 7.89. The molecule has 0 saturated carbocycles. The molecule has 0 heterocycles. The zero-order valence-corrected chi connectivity index (χ0v) is 10.6. The fourth-order valence-corrected chi connectivity index (χ4v) is 2.33. The molecule has 6 heteroatoms. The van der Waals surface area contributed by atoms with Crippen LogP contribution in [0.15, 0.2) is 0 Å². The van der Waals surface area contributed by atoms with Gasteiger partial charge in [-0.15, -0.1) is 0 Å². The molecule has 3 N–H and O–H groups in total. The minimum atomic E-state index is -3.21. The molecule has 0 bridgehead atoms. The summed E-state index contributed by atoms with van der Waals surface area (Å²) in [6.45, 7) is 6.82. The molecule has 0 unspecified atom stereocenters. The van der Waals surface area contributed by atoms with Crippen LogP contribution in [0.4, 0.5) is 0 Å². The van der Waals surface area contributed by atoms with E-state index < -0.39 is 15.6 Å². The molecule has 0 aromatic carbocycles. The van der Waals surface area contributed by atoms with Crippen molar-refractivity contribution in [3.8, 4) is 0 Å². The van der Waals surface area contributed by atoms with Gasteiger partial charge in [0, 0.05) is 13.2 Å². The van der Waals surface area contributed by atoms with Crippen LogP contribution < -0.4 is 10.5 Å². The molecule has 0 radical (unpaired) electrons. The minimum absolute atomic E-state index is 0.0751. The van der Waals surface area contributed by atoms with Crippen LogP contribution in [-0.2, 0) is 14.8 Å². The first kappa shape index (κ1) is 14.8. The van der Waals surface area contributed by atoms with E-state index in [1.807, 2.05) is 20.8 Å². The Morgan fingerprint density at radius 2 is 2.00 bits per heavy atom. The number of ether oxygens (including phenoxy) is 1. The van der Waals surface area contributed by atoms with E-state index in [0.717, 1.165) is 0 Å². The van der Waals surface area contributed by atoms with E-state index in [0.29, 0.717) is 19.6 Å². The van der Waals surface area contributed by atoms with Gasteiger partial charge >= 0.3 is 0 Å². The lowest BCUT2D eigenvalue weighted by atomic mass is 10.1. The first-order valence-corrected chi connectivity index (χ1v) is 6.79. The molecule has 0 aliphatic heterocycles.